The Balaban J connectivity index is 1.90. The minimum Gasteiger partial charge on any atom is -0.373 e. The summed E-state index contributed by atoms with van der Waals surface area (Å²) < 4.78 is 8.90. The van der Waals surface area contributed by atoms with Crippen molar-refractivity contribution in [2.75, 3.05) is 6.61 Å². The van der Waals surface area contributed by atoms with Gasteiger partial charge in [0.05, 0.1) is 29.1 Å². The first-order valence-corrected chi connectivity index (χ1v) is 8.42. The van der Waals surface area contributed by atoms with Crippen molar-refractivity contribution >= 4 is 15.9 Å². The second-order valence-corrected chi connectivity index (χ2v) is 6.75. The molecule has 4 nitrogen and oxygen atoms in total. The van der Waals surface area contributed by atoms with Crippen molar-refractivity contribution < 1.29 is 4.74 Å². The molecule has 0 unspecified atom stereocenters. The van der Waals surface area contributed by atoms with E-state index in [1.165, 1.54) is 25.7 Å². The number of aromatic nitrogens is 2. The molecule has 1 aromatic rings. The third-order valence-electron chi connectivity index (χ3n) is 4.23. The standard InChI is InChI=1S/C15H26BrN3O/c1-3-12-14(16)13(19(2)18-12)10-20-11-15(17)8-6-4-5-7-9-15/h3-11,17H2,1-2H3. The third kappa shape index (κ3) is 3.83. The third-order valence-corrected chi connectivity index (χ3v) is 5.15. The van der Waals surface area contributed by atoms with E-state index in [2.05, 4.69) is 28.0 Å². The van der Waals surface area contributed by atoms with Gasteiger partial charge in [-0.1, -0.05) is 32.6 Å². The first kappa shape index (κ1) is 16.0. The van der Waals surface area contributed by atoms with Crippen molar-refractivity contribution in [2.24, 2.45) is 12.8 Å². The zero-order valence-electron chi connectivity index (χ0n) is 12.6. The Bertz CT molecular complexity index is 437. The molecule has 20 heavy (non-hydrogen) atoms. The molecule has 0 bridgehead atoms. The minimum atomic E-state index is -0.130. The van der Waals surface area contributed by atoms with Gasteiger partial charge in [0.1, 0.15) is 0 Å². The summed E-state index contributed by atoms with van der Waals surface area (Å²) in [6.45, 7) is 3.33. The highest BCUT2D eigenvalue weighted by atomic mass is 79.9. The predicted molar refractivity (Wildman–Crippen MR) is 84.6 cm³/mol. The van der Waals surface area contributed by atoms with Crippen molar-refractivity contribution in [3.8, 4) is 0 Å². The van der Waals surface area contributed by atoms with Crippen molar-refractivity contribution in [2.45, 2.75) is 64.0 Å². The van der Waals surface area contributed by atoms with Crippen LogP contribution in [-0.2, 0) is 24.8 Å². The molecule has 1 saturated carbocycles. The van der Waals surface area contributed by atoms with Crippen LogP contribution >= 0.6 is 15.9 Å². The average molecular weight is 344 g/mol. The van der Waals surface area contributed by atoms with Crippen LogP contribution in [0.4, 0.5) is 0 Å². The molecular formula is C15H26BrN3O. The summed E-state index contributed by atoms with van der Waals surface area (Å²) in [5.74, 6) is 0. The summed E-state index contributed by atoms with van der Waals surface area (Å²) in [6.07, 6.45) is 8.18. The lowest BCUT2D eigenvalue weighted by Crippen LogP contribution is -2.44. The normalized spacial score (nSPS) is 19.0. The maximum atomic E-state index is 6.47. The van der Waals surface area contributed by atoms with Gasteiger partial charge in [0.2, 0.25) is 0 Å². The van der Waals surface area contributed by atoms with Gasteiger partial charge >= 0.3 is 0 Å². The van der Waals surface area contributed by atoms with E-state index in [-0.39, 0.29) is 5.54 Å². The van der Waals surface area contributed by atoms with E-state index in [1.807, 2.05) is 11.7 Å². The fourth-order valence-corrected chi connectivity index (χ4v) is 3.64. The minimum absolute atomic E-state index is 0.130. The van der Waals surface area contributed by atoms with Crippen molar-refractivity contribution in [3.05, 3.63) is 15.9 Å². The lowest BCUT2D eigenvalue weighted by molar-refractivity contribution is 0.0629. The number of hydrogen-bond acceptors (Lipinski definition) is 3. The largest absolute Gasteiger partial charge is 0.373 e. The SMILES string of the molecule is CCc1nn(C)c(COCC2(N)CCCCCC2)c1Br. The highest BCUT2D eigenvalue weighted by Crippen LogP contribution is 2.26. The number of ether oxygens (including phenoxy) is 1. The van der Waals surface area contributed by atoms with Crippen LogP contribution in [0.3, 0.4) is 0 Å². The van der Waals surface area contributed by atoms with Crippen molar-refractivity contribution in [1.82, 2.24) is 9.78 Å². The van der Waals surface area contributed by atoms with Crippen LogP contribution < -0.4 is 5.73 Å². The lowest BCUT2D eigenvalue weighted by atomic mass is 9.93. The molecule has 1 aliphatic rings. The van der Waals surface area contributed by atoms with E-state index in [9.17, 15) is 0 Å². The van der Waals surface area contributed by atoms with E-state index < -0.39 is 0 Å². The van der Waals surface area contributed by atoms with Gasteiger partial charge in [0, 0.05) is 12.6 Å². The van der Waals surface area contributed by atoms with E-state index in [0.717, 1.165) is 35.1 Å². The van der Waals surface area contributed by atoms with Crippen LogP contribution in [0.2, 0.25) is 0 Å². The first-order chi connectivity index (χ1) is 9.56. The van der Waals surface area contributed by atoms with E-state index in [1.54, 1.807) is 0 Å². The summed E-state index contributed by atoms with van der Waals surface area (Å²) in [7, 11) is 1.96. The molecule has 0 aromatic carbocycles. The second kappa shape index (κ2) is 7.05. The molecule has 1 aromatic heterocycles. The number of hydrogen-bond donors (Lipinski definition) is 1. The molecule has 0 aliphatic heterocycles. The maximum Gasteiger partial charge on any atom is 0.0897 e. The van der Waals surface area contributed by atoms with Gasteiger partial charge in [-0.15, -0.1) is 0 Å². The zero-order chi connectivity index (χ0) is 14.6. The average Bonchev–Trinajstić information content (AvgIpc) is 2.59. The number of nitrogens with two attached hydrogens (primary N) is 1. The van der Waals surface area contributed by atoms with Crippen LogP contribution in [0.5, 0.6) is 0 Å². The molecule has 114 valence electrons. The number of halogens is 1. The fourth-order valence-electron chi connectivity index (χ4n) is 2.90. The smallest absolute Gasteiger partial charge is 0.0897 e. The fraction of sp³-hybridized carbons (Fsp3) is 0.800. The summed E-state index contributed by atoms with van der Waals surface area (Å²) >= 11 is 3.62. The van der Waals surface area contributed by atoms with Gasteiger partial charge in [-0.3, -0.25) is 4.68 Å². The highest BCUT2D eigenvalue weighted by molar-refractivity contribution is 9.10. The predicted octanol–water partition coefficient (Wildman–Crippen LogP) is 3.31. The van der Waals surface area contributed by atoms with Gasteiger partial charge in [-0.25, -0.2) is 0 Å². The molecule has 5 heteroatoms. The highest BCUT2D eigenvalue weighted by Gasteiger charge is 2.26. The zero-order valence-corrected chi connectivity index (χ0v) is 14.2. The molecule has 0 spiro atoms. The van der Waals surface area contributed by atoms with Crippen LogP contribution in [0.1, 0.15) is 56.8 Å². The molecule has 2 N–H and O–H groups in total. The van der Waals surface area contributed by atoms with Crippen LogP contribution in [0.25, 0.3) is 0 Å². The maximum absolute atomic E-state index is 6.47. The van der Waals surface area contributed by atoms with Gasteiger partial charge < -0.3 is 10.5 Å². The van der Waals surface area contributed by atoms with Gasteiger partial charge in [-0.2, -0.15) is 5.10 Å². The van der Waals surface area contributed by atoms with Crippen LogP contribution in [0.15, 0.2) is 4.47 Å². The van der Waals surface area contributed by atoms with Crippen LogP contribution in [0, 0.1) is 0 Å². The Labute approximate surface area is 130 Å². The van der Waals surface area contributed by atoms with E-state index in [4.69, 9.17) is 10.5 Å². The Hall–Kier alpha value is -0.390. The molecule has 1 heterocycles. The first-order valence-electron chi connectivity index (χ1n) is 7.62. The second-order valence-electron chi connectivity index (χ2n) is 5.95. The number of rotatable bonds is 5. The van der Waals surface area contributed by atoms with Crippen molar-refractivity contribution in [3.63, 3.8) is 0 Å². The Morgan fingerprint density at radius 1 is 1.30 bits per heavy atom. The summed E-state index contributed by atoms with van der Waals surface area (Å²) in [5.41, 5.74) is 8.52. The van der Waals surface area contributed by atoms with Gasteiger partial charge in [0.25, 0.3) is 0 Å². The van der Waals surface area contributed by atoms with Crippen LogP contribution in [-0.4, -0.2) is 21.9 Å². The monoisotopic (exact) mass is 343 g/mol. The van der Waals surface area contributed by atoms with Gasteiger partial charge in [0.15, 0.2) is 0 Å². The molecule has 0 amide bonds. The quantitative estimate of drug-likeness (QED) is 0.834. The summed E-state index contributed by atoms with van der Waals surface area (Å²) in [4.78, 5) is 0. The topological polar surface area (TPSA) is 53.1 Å². The molecule has 0 saturated heterocycles. The number of aryl methyl sites for hydroxylation is 2. The summed E-state index contributed by atoms with van der Waals surface area (Å²) in [6, 6.07) is 0. The Morgan fingerprint density at radius 2 is 1.95 bits per heavy atom. The Morgan fingerprint density at radius 3 is 2.50 bits per heavy atom. The lowest BCUT2D eigenvalue weighted by Gasteiger charge is -2.27. The Kier molecular flexibility index (Phi) is 5.64. The molecule has 1 aliphatic carbocycles. The summed E-state index contributed by atoms with van der Waals surface area (Å²) in [5, 5.41) is 4.48. The van der Waals surface area contributed by atoms with E-state index in [0.29, 0.717) is 13.2 Å². The molecular weight excluding hydrogens is 318 g/mol. The molecule has 1 fully saturated rings. The van der Waals surface area contributed by atoms with Crippen molar-refractivity contribution in [1.29, 1.82) is 0 Å². The van der Waals surface area contributed by atoms with Gasteiger partial charge in [-0.05, 0) is 35.2 Å². The molecule has 0 atom stereocenters. The molecule has 2 rings (SSSR count). The van der Waals surface area contributed by atoms with E-state index >= 15 is 0 Å². The number of nitrogens with zero attached hydrogens (tertiary/aromatic N) is 2. The molecule has 0 radical (unpaired) electrons.